The minimum Gasteiger partial charge on any atom is -0.494 e. The van der Waals surface area contributed by atoms with Crippen molar-refractivity contribution in [1.82, 2.24) is 16.0 Å². The van der Waals surface area contributed by atoms with Crippen molar-refractivity contribution >= 4 is 35.6 Å². The van der Waals surface area contributed by atoms with Crippen LogP contribution in [-0.4, -0.2) is 88.2 Å². The van der Waals surface area contributed by atoms with E-state index < -0.39 is 84.2 Å². The third-order valence-corrected chi connectivity index (χ3v) is 6.71. The number of carbonyl (C=O) groups is 6. The molecule has 2 aliphatic rings. The summed E-state index contributed by atoms with van der Waals surface area (Å²) < 4.78 is 50.2. The maximum Gasteiger partial charge on any atom is 0.490 e. The highest BCUT2D eigenvalue weighted by Gasteiger charge is 2.58. The molecule has 2 bridgehead atoms. The number of nitrogens with one attached hydrogen (secondary N) is 3. The van der Waals surface area contributed by atoms with Crippen LogP contribution in [0.4, 0.5) is 13.2 Å². The Morgan fingerprint density at radius 3 is 2.20 bits per heavy atom. The summed E-state index contributed by atoms with van der Waals surface area (Å²) in [6.45, 7) is 2.87. The number of carboxylic acid groups (broad SMARTS) is 2. The predicted octanol–water partition coefficient (Wildman–Crippen LogP) is -0.194. The number of ether oxygens (including phenoxy) is 2. The first-order valence-corrected chi connectivity index (χ1v) is 13.8. The Morgan fingerprint density at radius 1 is 1.09 bits per heavy atom. The molecule has 0 saturated heterocycles. The van der Waals surface area contributed by atoms with Gasteiger partial charge in [-0.3, -0.25) is 14.4 Å². The van der Waals surface area contributed by atoms with Crippen molar-refractivity contribution in [2.45, 2.75) is 63.4 Å². The smallest absolute Gasteiger partial charge is 0.490 e. The van der Waals surface area contributed by atoms with Gasteiger partial charge in [0, 0.05) is 19.4 Å². The van der Waals surface area contributed by atoms with Gasteiger partial charge in [-0.2, -0.15) is 13.2 Å². The van der Waals surface area contributed by atoms with Crippen molar-refractivity contribution in [2.24, 2.45) is 23.5 Å². The molecule has 3 rings (SSSR count). The highest BCUT2D eigenvalue weighted by atomic mass is 19.4. The number of halogens is 3. The summed E-state index contributed by atoms with van der Waals surface area (Å²) in [5.74, 6) is -10.1. The number of hydrogen-bond donors (Lipinski definition) is 8. The molecule has 1 aromatic carbocycles. The van der Waals surface area contributed by atoms with Crippen LogP contribution in [0.1, 0.15) is 45.1 Å². The summed E-state index contributed by atoms with van der Waals surface area (Å²) in [5.41, 5.74) is -0.432. The standard InChI is InChI=1S/C27H35F3N4O10.H3NO/c1-15(2)13-18-19(35)33-26(23(40)41,34-21(37)20(36)32-11-4-10-31)14-16-5-7-17(8-6-16)43-12-3-9-25(18,22(38)39)44-24(42)27(28,29)30;1-2/h5-8,15,18H,3-4,9-14,31H2,1-2H3,(H,32,36)(H,33,35)(H,34,37)(H,38,39)(H,40,41);2H,1H2. The topological polar surface area (TPSA) is 270 Å². The van der Waals surface area contributed by atoms with Crippen molar-refractivity contribution < 1.29 is 66.8 Å². The average Bonchev–Trinajstić information content (AvgIpc) is 2.98. The number of esters is 1. The molecule has 0 spiro atoms. The van der Waals surface area contributed by atoms with Gasteiger partial charge >= 0.3 is 35.9 Å². The van der Waals surface area contributed by atoms with Crippen molar-refractivity contribution in [3.05, 3.63) is 29.8 Å². The highest BCUT2D eigenvalue weighted by Crippen LogP contribution is 2.36. The van der Waals surface area contributed by atoms with Crippen LogP contribution in [0.5, 0.6) is 5.75 Å². The van der Waals surface area contributed by atoms with Gasteiger partial charge in [0.25, 0.3) is 0 Å². The number of hydrogen-bond acceptors (Lipinski definition) is 11. The van der Waals surface area contributed by atoms with Crippen LogP contribution < -0.4 is 32.3 Å². The monoisotopic (exact) mass is 665 g/mol. The SMILES string of the molecule is CC(C)CC1C(=O)NC(NC(=O)C(=O)NCCCN)(C(=O)O)Cc2ccc(cc2)OCCCC1(OC(=O)C(F)(F)F)C(=O)O.NO. The van der Waals surface area contributed by atoms with Gasteiger partial charge in [0.15, 0.2) is 0 Å². The fourth-order valence-electron chi connectivity index (χ4n) is 4.57. The Bertz CT molecular complexity index is 1250. The lowest BCUT2D eigenvalue weighted by Crippen LogP contribution is -2.70. The third-order valence-electron chi connectivity index (χ3n) is 6.71. The van der Waals surface area contributed by atoms with Crippen LogP contribution in [0.2, 0.25) is 0 Å². The summed E-state index contributed by atoms with van der Waals surface area (Å²) in [6, 6.07) is 5.62. The molecule has 1 aromatic rings. The molecule has 3 unspecified atom stereocenters. The molecule has 19 heteroatoms. The molecule has 3 atom stereocenters. The molecule has 0 radical (unpaired) electrons. The molecule has 46 heavy (non-hydrogen) atoms. The van der Waals surface area contributed by atoms with Gasteiger partial charge in [0.05, 0.1) is 12.5 Å². The first kappa shape index (κ1) is 39.5. The molecular weight excluding hydrogens is 627 g/mol. The highest BCUT2D eigenvalue weighted by molar-refractivity contribution is 6.35. The number of alkyl halides is 3. The fraction of sp³-hybridized carbons (Fsp3) is 0.556. The van der Waals surface area contributed by atoms with Crippen LogP contribution >= 0.6 is 0 Å². The summed E-state index contributed by atoms with van der Waals surface area (Å²) in [6.07, 6.45) is -7.74. The molecule has 0 saturated carbocycles. The predicted molar refractivity (Wildman–Crippen MR) is 150 cm³/mol. The number of nitrogens with two attached hydrogens (primary N) is 2. The lowest BCUT2D eigenvalue weighted by Gasteiger charge is -2.39. The van der Waals surface area contributed by atoms with E-state index in [1.807, 2.05) is 5.32 Å². The van der Waals surface area contributed by atoms with E-state index in [-0.39, 0.29) is 43.9 Å². The number of benzene rings is 1. The van der Waals surface area contributed by atoms with Crippen LogP contribution in [0.3, 0.4) is 0 Å². The van der Waals surface area contributed by atoms with Crippen LogP contribution in [0, 0.1) is 11.8 Å². The summed E-state index contributed by atoms with van der Waals surface area (Å²) >= 11 is 0. The number of fused-ring (bicyclic) bond motifs is 11. The zero-order chi connectivity index (χ0) is 35.3. The third kappa shape index (κ3) is 10.6. The van der Waals surface area contributed by atoms with Crippen LogP contribution in [0.15, 0.2) is 24.3 Å². The second-order valence-corrected chi connectivity index (χ2v) is 10.6. The van der Waals surface area contributed by atoms with E-state index in [0.29, 0.717) is 0 Å². The minimum absolute atomic E-state index is 0.0428. The number of aliphatic carboxylic acids is 2. The lowest BCUT2D eigenvalue weighted by molar-refractivity contribution is -0.224. The second-order valence-electron chi connectivity index (χ2n) is 10.6. The van der Waals surface area contributed by atoms with E-state index in [2.05, 4.69) is 21.3 Å². The van der Waals surface area contributed by atoms with E-state index in [1.165, 1.54) is 38.1 Å². The average molecular weight is 666 g/mol. The zero-order valence-electron chi connectivity index (χ0n) is 25.0. The first-order chi connectivity index (χ1) is 21.5. The normalized spacial score (nSPS) is 21.8. The van der Waals surface area contributed by atoms with E-state index in [0.717, 1.165) is 0 Å². The van der Waals surface area contributed by atoms with Gasteiger partial charge in [-0.05, 0) is 49.4 Å². The van der Waals surface area contributed by atoms with Crippen LogP contribution in [-0.2, 0) is 39.9 Å². The molecule has 258 valence electrons. The summed E-state index contributed by atoms with van der Waals surface area (Å²) in [7, 11) is 0. The molecule has 0 aliphatic carbocycles. The zero-order valence-corrected chi connectivity index (χ0v) is 25.0. The van der Waals surface area contributed by atoms with E-state index >= 15 is 0 Å². The summed E-state index contributed by atoms with van der Waals surface area (Å²) in [5, 5.41) is 33.3. The molecule has 2 heterocycles. The Hall–Kier alpha value is -4.49. The van der Waals surface area contributed by atoms with Gasteiger partial charge in [0.1, 0.15) is 5.75 Å². The quantitative estimate of drug-likeness (QED) is 0.0736. The molecule has 0 aromatic heterocycles. The minimum atomic E-state index is -5.64. The first-order valence-electron chi connectivity index (χ1n) is 13.8. The number of amides is 3. The van der Waals surface area contributed by atoms with Gasteiger partial charge < -0.3 is 46.6 Å². The summed E-state index contributed by atoms with van der Waals surface area (Å²) in [4.78, 5) is 76.6. The van der Waals surface area contributed by atoms with E-state index in [9.17, 15) is 52.2 Å². The molecular formula is C27H38F3N5O11. The van der Waals surface area contributed by atoms with Crippen molar-refractivity contribution in [1.29, 1.82) is 0 Å². The van der Waals surface area contributed by atoms with Crippen LogP contribution in [0.25, 0.3) is 0 Å². The Balaban J connectivity index is 0.00000518. The van der Waals surface area contributed by atoms with Crippen molar-refractivity contribution in [3.63, 3.8) is 0 Å². The Labute approximate surface area is 260 Å². The lowest BCUT2D eigenvalue weighted by atomic mass is 9.77. The number of carboxylic acids is 2. The van der Waals surface area contributed by atoms with Crippen molar-refractivity contribution in [3.8, 4) is 5.75 Å². The largest absolute Gasteiger partial charge is 0.494 e. The van der Waals surface area contributed by atoms with Crippen molar-refractivity contribution in [2.75, 3.05) is 19.7 Å². The maximum atomic E-state index is 13.9. The van der Waals surface area contributed by atoms with Gasteiger partial charge in [-0.1, -0.05) is 26.0 Å². The van der Waals surface area contributed by atoms with E-state index in [1.54, 1.807) is 0 Å². The molecule has 16 nitrogen and oxygen atoms in total. The van der Waals surface area contributed by atoms with E-state index in [4.69, 9.17) is 15.7 Å². The van der Waals surface area contributed by atoms with Gasteiger partial charge in [0.2, 0.25) is 17.2 Å². The molecule has 0 fully saturated rings. The molecule has 10 N–H and O–H groups in total. The molecule has 3 amide bonds. The fourth-order valence-corrected chi connectivity index (χ4v) is 4.57. The second kappa shape index (κ2) is 17.3. The number of carbonyl (C=O) groups excluding carboxylic acids is 4. The maximum absolute atomic E-state index is 13.9. The Morgan fingerprint density at radius 2 is 1.70 bits per heavy atom. The van der Waals surface area contributed by atoms with Gasteiger partial charge in [-0.25, -0.2) is 20.3 Å². The van der Waals surface area contributed by atoms with Gasteiger partial charge in [-0.15, -0.1) is 0 Å². The molecule has 2 aliphatic heterocycles. The Kier molecular flexibility index (Phi) is 14.8. The number of rotatable bonds is 9.